The lowest BCUT2D eigenvalue weighted by Gasteiger charge is -2.21. The molecule has 1 N–H and O–H groups in total. The number of aliphatic hydroxyl groups is 1. The van der Waals surface area contributed by atoms with Crippen LogP contribution in [0.2, 0.25) is 5.02 Å². The summed E-state index contributed by atoms with van der Waals surface area (Å²) >= 11 is 6.27. The Morgan fingerprint density at radius 2 is 2.16 bits per heavy atom. The Morgan fingerprint density at radius 1 is 1.37 bits per heavy atom. The summed E-state index contributed by atoms with van der Waals surface area (Å²) in [4.78, 5) is 6.16. The third-order valence-electron chi connectivity index (χ3n) is 3.01. The molecule has 0 fully saturated rings. The van der Waals surface area contributed by atoms with Crippen molar-refractivity contribution in [2.75, 3.05) is 11.9 Å². The van der Waals surface area contributed by atoms with Crippen LogP contribution in [-0.2, 0) is 6.54 Å². The van der Waals surface area contributed by atoms with Gasteiger partial charge in [-0.1, -0.05) is 23.7 Å². The number of pyridine rings is 1. The highest BCUT2D eigenvalue weighted by Crippen LogP contribution is 2.29. The molecule has 0 saturated carbocycles. The van der Waals surface area contributed by atoms with Crippen molar-refractivity contribution < 1.29 is 5.11 Å². The van der Waals surface area contributed by atoms with E-state index >= 15 is 0 Å². The van der Waals surface area contributed by atoms with Crippen LogP contribution in [0, 0.1) is 0 Å². The second-order valence-electron chi connectivity index (χ2n) is 4.60. The fourth-order valence-electron chi connectivity index (χ4n) is 1.94. The van der Waals surface area contributed by atoms with Gasteiger partial charge in [-0.15, -0.1) is 0 Å². The first kappa shape index (κ1) is 13.8. The summed E-state index contributed by atoms with van der Waals surface area (Å²) in [7, 11) is 1.98. The molecule has 0 aliphatic rings. The summed E-state index contributed by atoms with van der Waals surface area (Å²) in [5, 5.41) is 10.2. The molecule has 1 unspecified atom stereocenters. The number of benzene rings is 1. The SMILES string of the molecule is CC(O)c1ccc(N(C)Cc2cccnc2)c(Cl)c1. The average Bonchev–Trinajstić information content (AvgIpc) is 2.39. The number of anilines is 1. The third-order valence-corrected chi connectivity index (χ3v) is 3.31. The van der Waals surface area contributed by atoms with Crippen molar-refractivity contribution in [2.24, 2.45) is 0 Å². The Kier molecular flexibility index (Phi) is 4.40. The number of halogens is 1. The van der Waals surface area contributed by atoms with E-state index in [1.54, 1.807) is 19.2 Å². The smallest absolute Gasteiger partial charge is 0.0762 e. The Balaban J connectivity index is 2.17. The number of hydrogen-bond acceptors (Lipinski definition) is 3. The standard InChI is InChI=1S/C15H17ClN2O/c1-11(19)13-5-6-15(14(16)8-13)18(2)10-12-4-3-7-17-9-12/h3-9,11,19H,10H2,1-2H3. The van der Waals surface area contributed by atoms with E-state index in [9.17, 15) is 5.11 Å². The van der Waals surface area contributed by atoms with Gasteiger partial charge in [0, 0.05) is 26.0 Å². The molecule has 0 saturated heterocycles. The number of nitrogens with zero attached hydrogens (tertiary/aromatic N) is 2. The van der Waals surface area contributed by atoms with E-state index in [1.807, 2.05) is 37.5 Å². The van der Waals surface area contributed by atoms with Crippen molar-refractivity contribution in [1.29, 1.82) is 0 Å². The first-order valence-electron chi connectivity index (χ1n) is 6.15. The van der Waals surface area contributed by atoms with E-state index in [1.165, 1.54) is 0 Å². The van der Waals surface area contributed by atoms with Gasteiger partial charge in [-0.2, -0.15) is 0 Å². The molecule has 0 bridgehead atoms. The number of aromatic nitrogens is 1. The molecule has 1 aromatic carbocycles. The summed E-state index contributed by atoms with van der Waals surface area (Å²) in [5.41, 5.74) is 2.89. The lowest BCUT2D eigenvalue weighted by atomic mass is 10.1. The molecule has 2 aromatic rings. The van der Waals surface area contributed by atoms with Gasteiger partial charge in [0.05, 0.1) is 16.8 Å². The van der Waals surface area contributed by atoms with Gasteiger partial charge in [-0.25, -0.2) is 0 Å². The normalized spacial score (nSPS) is 12.2. The highest BCUT2D eigenvalue weighted by atomic mass is 35.5. The van der Waals surface area contributed by atoms with Crippen molar-refractivity contribution in [3.05, 3.63) is 58.9 Å². The van der Waals surface area contributed by atoms with Gasteiger partial charge in [0.1, 0.15) is 0 Å². The Bertz CT molecular complexity index is 543. The second-order valence-corrected chi connectivity index (χ2v) is 5.01. The van der Waals surface area contributed by atoms with Crippen molar-refractivity contribution >= 4 is 17.3 Å². The molecule has 0 aliphatic heterocycles. The van der Waals surface area contributed by atoms with E-state index in [-0.39, 0.29) is 0 Å². The molecule has 0 spiro atoms. The molecule has 1 heterocycles. The van der Waals surface area contributed by atoms with Gasteiger partial charge in [-0.3, -0.25) is 4.98 Å². The first-order valence-corrected chi connectivity index (χ1v) is 6.53. The maximum Gasteiger partial charge on any atom is 0.0762 e. The molecule has 2 rings (SSSR count). The summed E-state index contributed by atoms with van der Waals surface area (Å²) in [6.07, 6.45) is 3.10. The molecule has 3 nitrogen and oxygen atoms in total. The van der Waals surface area contributed by atoms with Crippen LogP contribution in [0.5, 0.6) is 0 Å². The first-order chi connectivity index (χ1) is 9.08. The van der Waals surface area contributed by atoms with Crippen LogP contribution in [0.15, 0.2) is 42.7 Å². The molecular formula is C15H17ClN2O. The number of rotatable bonds is 4. The van der Waals surface area contributed by atoms with Gasteiger partial charge in [0.2, 0.25) is 0 Å². The van der Waals surface area contributed by atoms with Crippen LogP contribution >= 0.6 is 11.6 Å². The summed E-state index contributed by atoms with van der Waals surface area (Å²) in [5.74, 6) is 0. The molecule has 0 amide bonds. The zero-order chi connectivity index (χ0) is 13.8. The van der Waals surface area contributed by atoms with E-state index in [0.717, 1.165) is 23.4 Å². The Morgan fingerprint density at radius 3 is 2.74 bits per heavy atom. The zero-order valence-corrected chi connectivity index (χ0v) is 11.8. The zero-order valence-electron chi connectivity index (χ0n) is 11.0. The Labute approximate surface area is 118 Å². The molecule has 100 valence electrons. The van der Waals surface area contributed by atoms with Crippen LogP contribution in [0.3, 0.4) is 0 Å². The fraction of sp³-hybridized carbons (Fsp3) is 0.267. The predicted molar refractivity (Wildman–Crippen MR) is 78.4 cm³/mol. The highest BCUT2D eigenvalue weighted by molar-refractivity contribution is 6.33. The molecule has 0 radical (unpaired) electrons. The van der Waals surface area contributed by atoms with Crippen LogP contribution < -0.4 is 4.90 Å². The molecule has 0 aliphatic carbocycles. The molecule has 1 aromatic heterocycles. The van der Waals surface area contributed by atoms with Crippen molar-refractivity contribution in [2.45, 2.75) is 19.6 Å². The van der Waals surface area contributed by atoms with Crippen LogP contribution in [0.1, 0.15) is 24.2 Å². The van der Waals surface area contributed by atoms with Crippen molar-refractivity contribution in [1.82, 2.24) is 4.98 Å². The summed E-state index contributed by atoms with van der Waals surface area (Å²) in [6, 6.07) is 9.58. The maximum absolute atomic E-state index is 9.53. The van der Waals surface area contributed by atoms with E-state index in [0.29, 0.717) is 5.02 Å². The fourth-order valence-corrected chi connectivity index (χ4v) is 2.28. The topological polar surface area (TPSA) is 36.4 Å². The lowest BCUT2D eigenvalue weighted by molar-refractivity contribution is 0.199. The van der Waals surface area contributed by atoms with Crippen LogP contribution in [0.4, 0.5) is 5.69 Å². The Hall–Kier alpha value is -1.58. The van der Waals surface area contributed by atoms with Crippen molar-refractivity contribution in [3.63, 3.8) is 0 Å². The minimum absolute atomic E-state index is 0.504. The van der Waals surface area contributed by atoms with Gasteiger partial charge in [0.25, 0.3) is 0 Å². The number of aliphatic hydroxyl groups excluding tert-OH is 1. The van der Waals surface area contributed by atoms with Gasteiger partial charge >= 0.3 is 0 Å². The van der Waals surface area contributed by atoms with E-state index in [2.05, 4.69) is 9.88 Å². The molecular weight excluding hydrogens is 260 g/mol. The highest BCUT2D eigenvalue weighted by Gasteiger charge is 2.09. The predicted octanol–water partition coefficient (Wildman–Crippen LogP) is 3.42. The summed E-state index contributed by atoms with van der Waals surface area (Å²) in [6.45, 7) is 2.46. The van der Waals surface area contributed by atoms with E-state index in [4.69, 9.17) is 11.6 Å². The molecule has 4 heteroatoms. The maximum atomic E-state index is 9.53. The van der Waals surface area contributed by atoms with Crippen molar-refractivity contribution in [3.8, 4) is 0 Å². The number of hydrogen-bond donors (Lipinski definition) is 1. The second kappa shape index (κ2) is 6.04. The van der Waals surface area contributed by atoms with Crippen LogP contribution in [-0.4, -0.2) is 17.1 Å². The average molecular weight is 277 g/mol. The largest absolute Gasteiger partial charge is 0.389 e. The van der Waals surface area contributed by atoms with E-state index < -0.39 is 6.10 Å². The lowest BCUT2D eigenvalue weighted by Crippen LogP contribution is -2.17. The minimum atomic E-state index is -0.504. The summed E-state index contributed by atoms with van der Waals surface area (Å²) < 4.78 is 0. The van der Waals surface area contributed by atoms with Crippen LogP contribution in [0.25, 0.3) is 0 Å². The quantitative estimate of drug-likeness (QED) is 0.929. The monoisotopic (exact) mass is 276 g/mol. The van der Waals surface area contributed by atoms with Gasteiger partial charge < -0.3 is 10.0 Å². The molecule has 19 heavy (non-hydrogen) atoms. The molecule has 1 atom stereocenters. The minimum Gasteiger partial charge on any atom is -0.389 e. The van der Waals surface area contributed by atoms with Gasteiger partial charge in [-0.05, 0) is 36.2 Å². The third kappa shape index (κ3) is 3.46. The van der Waals surface area contributed by atoms with Gasteiger partial charge in [0.15, 0.2) is 0 Å².